The van der Waals surface area contributed by atoms with Crippen LogP contribution in [0.3, 0.4) is 0 Å². The number of carbonyl (C=O) groups excluding carboxylic acids is 2. The highest BCUT2D eigenvalue weighted by Gasteiger charge is 2.31. The number of rotatable bonds is 7. The number of carbonyl (C=O) groups is 2. The largest absolute Gasteiger partial charge is 0.496 e. The molecule has 0 atom stereocenters. The van der Waals surface area contributed by atoms with Gasteiger partial charge < -0.3 is 14.8 Å². The summed E-state index contributed by atoms with van der Waals surface area (Å²) in [6, 6.07) is 16.3. The first-order valence-electron chi connectivity index (χ1n) is 9.79. The minimum absolute atomic E-state index is 0.170. The molecule has 2 aromatic carbocycles. The molecule has 1 amide bonds. The van der Waals surface area contributed by atoms with Crippen LogP contribution >= 0.6 is 11.6 Å². The molecule has 1 N–H and O–H groups in total. The van der Waals surface area contributed by atoms with Crippen LogP contribution in [0.1, 0.15) is 16.7 Å². The fourth-order valence-electron chi connectivity index (χ4n) is 2.88. The average molecular weight is 491 g/mol. The van der Waals surface area contributed by atoms with Crippen LogP contribution in [0.15, 0.2) is 66.9 Å². The summed E-state index contributed by atoms with van der Waals surface area (Å²) in [6.07, 6.45) is -2.52. The maximum atomic E-state index is 12.8. The summed E-state index contributed by atoms with van der Waals surface area (Å²) in [5.41, 5.74) is 0.275. The van der Waals surface area contributed by atoms with Gasteiger partial charge in [0, 0.05) is 11.8 Å². The third kappa shape index (κ3) is 6.35. The zero-order valence-corrected chi connectivity index (χ0v) is 18.5. The number of nitrogens with zero attached hydrogens (tertiary/aromatic N) is 1. The van der Waals surface area contributed by atoms with Crippen LogP contribution in [-0.2, 0) is 20.5 Å². The van der Waals surface area contributed by atoms with E-state index in [0.717, 1.165) is 0 Å². The van der Waals surface area contributed by atoms with Crippen LogP contribution in [-0.4, -0.2) is 30.6 Å². The first kappa shape index (κ1) is 24.8. The fourth-order valence-corrected chi connectivity index (χ4v) is 3.09. The van der Waals surface area contributed by atoms with E-state index < -0.39 is 35.2 Å². The lowest BCUT2D eigenvalue weighted by Crippen LogP contribution is -2.22. The number of aromatic nitrogens is 1. The van der Waals surface area contributed by atoms with Gasteiger partial charge >= 0.3 is 12.1 Å². The van der Waals surface area contributed by atoms with Crippen molar-refractivity contribution < 1.29 is 32.2 Å². The quantitative estimate of drug-likeness (QED) is 0.269. The maximum absolute atomic E-state index is 12.8. The van der Waals surface area contributed by atoms with Gasteiger partial charge in [0.05, 0.1) is 23.3 Å². The first-order valence-corrected chi connectivity index (χ1v) is 10.2. The predicted molar refractivity (Wildman–Crippen MR) is 121 cm³/mol. The number of amides is 1. The Hall–Kier alpha value is -3.85. The van der Waals surface area contributed by atoms with Gasteiger partial charge in [0.1, 0.15) is 5.75 Å². The SMILES string of the molecule is COc1ccccc1C=C(C(=O)OCC(=O)Nc1ncc(C(F)(F)F)cc1Cl)c1ccccc1. The number of anilines is 1. The molecule has 0 spiro atoms. The molecule has 0 aliphatic rings. The van der Waals surface area contributed by atoms with Crippen LogP contribution in [0.5, 0.6) is 5.75 Å². The van der Waals surface area contributed by atoms with Crippen LogP contribution in [0.2, 0.25) is 5.02 Å². The zero-order valence-electron chi connectivity index (χ0n) is 17.7. The van der Waals surface area contributed by atoms with Gasteiger partial charge in [-0.05, 0) is 23.8 Å². The monoisotopic (exact) mass is 490 g/mol. The number of pyridine rings is 1. The minimum atomic E-state index is -4.63. The van der Waals surface area contributed by atoms with Crippen molar-refractivity contribution in [1.82, 2.24) is 4.98 Å². The molecule has 1 aromatic heterocycles. The lowest BCUT2D eigenvalue weighted by Gasteiger charge is -2.12. The average Bonchev–Trinajstić information content (AvgIpc) is 2.82. The van der Waals surface area contributed by atoms with Crippen LogP contribution < -0.4 is 10.1 Å². The van der Waals surface area contributed by atoms with Gasteiger partial charge in [0.2, 0.25) is 0 Å². The number of nitrogens with one attached hydrogen (secondary N) is 1. The summed E-state index contributed by atoms with van der Waals surface area (Å²) >= 11 is 5.79. The fraction of sp³-hybridized carbons (Fsp3) is 0.125. The molecule has 1 heterocycles. The minimum Gasteiger partial charge on any atom is -0.496 e. The van der Waals surface area contributed by atoms with Crippen molar-refractivity contribution in [2.24, 2.45) is 0 Å². The van der Waals surface area contributed by atoms with Gasteiger partial charge in [-0.1, -0.05) is 60.1 Å². The first-order chi connectivity index (χ1) is 16.2. The van der Waals surface area contributed by atoms with Crippen LogP contribution in [0, 0.1) is 0 Å². The molecule has 10 heteroatoms. The standard InChI is InChI=1S/C24H18ClF3N2O4/c1-33-20-10-6-5-9-16(20)11-18(15-7-3-2-4-8-15)23(32)34-14-21(31)30-22-19(25)12-17(13-29-22)24(26,27)28/h2-13H,14H2,1H3,(H,29,30,31). The van der Waals surface area contributed by atoms with E-state index in [9.17, 15) is 22.8 Å². The summed E-state index contributed by atoms with van der Waals surface area (Å²) in [7, 11) is 1.50. The van der Waals surface area contributed by atoms with Crippen molar-refractivity contribution in [3.05, 3.63) is 88.6 Å². The Balaban J connectivity index is 1.75. The van der Waals surface area contributed by atoms with E-state index >= 15 is 0 Å². The van der Waals surface area contributed by atoms with E-state index in [0.29, 0.717) is 29.1 Å². The Bertz CT molecular complexity index is 1210. The highest BCUT2D eigenvalue weighted by Crippen LogP contribution is 2.32. The van der Waals surface area contributed by atoms with E-state index in [1.807, 2.05) is 0 Å². The number of alkyl halides is 3. The number of hydrogen-bond acceptors (Lipinski definition) is 5. The molecule has 0 unspecified atom stereocenters. The second kappa shape index (κ2) is 10.8. The number of hydrogen-bond donors (Lipinski definition) is 1. The Morgan fingerprint density at radius 1 is 1.09 bits per heavy atom. The van der Waals surface area contributed by atoms with Crippen molar-refractivity contribution in [2.75, 3.05) is 19.0 Å². The molecule has 0 aliphatic carbocycles. The normalized spacial score (nSPS) is 11.6. The third-order valence-corrected chi connectivity index (χ3v) is 4.79. The van der Waals surface area contributed by atoms with Crippen molar-refractivity contribution in [3.8, 4) is 5.75 Å². The predicted octanol–water partition coefficient (Wildman–Crippen LogP) is 5.48. The van der Waals surface area contributed by atoms with Gasteiger partial charge in [-0.15, -0.1) is 0 Å². The lowest BCUT2D eigenvalue weighted by atomic mass is 10.0. The van der Waals surface area contributed by atoms with Crippen LogP contribution in [0.4, 0.5) is 19.0 Å². The number of para-hydroxylation sites is 1. The second-order valence-corrected chi connectivity index (χ2v) is 7.25. The van der Waals surface area contributed by atoms with Gasteiger partial charge in [0.25, 0.3) is 5.91 Å². The molecule has 0 saturated heterocycles. The molecule has 0 saturated carbocycles. The summed E-state index contributed by atoms with van der Waals surface area (Å²) in [5.74, 6) is -1.38. The molecule has 0 bridgehead atoms. The van der Waals surface area contributed by atoms with Crippen LogP contribution in [0.25, 0.3) is 11.6 Å². The molecule has 0 radical (unpaired) electrons. The number of benzene rings is 2. The zero-order chi connectivity index (χ0) is 24.7. The molecule has 3 aromatic rings. The summed E-state index contributed by atoms with van der Waals surface area (Å²) in [4.78, 5) is 28.6. The van der Waals surface area contributed by atoms with Crippen molar-refractivity contribution in [3.63, 3.8) is 0 Å². The van der Waals surface area contributed by atoms with Gasteiger partial charge in [-0.3, -0.25) is 4.79 Å². The van der Waals surface area contributed by atoms with Gasteiger partial charge in [-0.25, -0.2) is 9.78 Å². The summed E-state index contributed by atoms with van der Waals surface area (Å²) in [6.45, 7) is -0.714. The molecule has 34 heavy (non-hydrogen) atoms. The van der Waals surface area contributed by atoms with Crippen molar-refractivity contribution >= 4 is 40.9 Å². The molecule has 0 aliphatic heterocycles. The Morgan fingerprint density at radius 2 is 1.76 bits per heavy atom. The molecular formula is C24H18ClF3N2O4. The van der Waals surface area contributed by atoms with Crippen molar-refractivity contribution in [1.29, 1.82) is 0 Å². The molecule has 176 valence electrons. The van der Waals surface area contributed by atoms with E-state index in [-0.39, 0.29) is 11.4 Å². The van der Waals surface area contributed by atoms with Gasteiger partial charge in [0.15, 0.2) is 12.4 Å². The summed E-state index contributed by atoms with van der Waals surface area (Å²) < 4.78 is 48.7. The highest BCUT2D eigenvalue weighted by atomic mass is 35.5. The highest BCUT2D eigenvalue weighted by molar-refractivity contribution is 6.33. The number of esters is 1. The van der Waals surface area contributed by atoms with E-state index in [1.54, 1.807) is 60.7 Å². The Labute approximate surface area is 198 Å². The summed E-state index contributed by atoms with van der Waals surface area (Å²) in [5, 5.41) is 1.82. The van der Waals surface area contributed by atoms with Crippen molar-refractivity contribution in [2.45, 2.75) is 6.18 Å². The molecule has 3 rings (SSSR count). The molecule has 6 nitrogen and oxygen atoms in total. The van der Waals surface area contributed by atoms with Gasteiger partial charge in [-0.2, -0.15) is 13.2 Å². The number of halogens is 4. The van der Waals surface area contributed by atoms with E-state index in [4.69, 9.17) is 21.1 Å². The number of methoxy groups -OCH3 is 1. The smallest absolute Gasteiger partial charge is 0.417 e. The Kier molecular flexibility index (Phi) is 7.91. The van der Waals surface area contributed by atoms with E-state index in [1.165, 1.54) is 7.11 Å². The molecular weight excluding hydrogens is 473 g/mol. The third-order valence-electron chi connectivity index (χ3n) is 4.50. The maximum Gasteiger partial charge on any atom is 0.417 e. The molecule has 0 fully saturated rings. The van der Waals surface area contributed by atoms with E-state index in [2.05, 4.69) is 10.3 Å². The number of ether oxygens (including phenoxy) is 2. The topological polar surface area (TPSA) is 77.5 Å². The Morgan fingerprint density at radius 3 is 2.41 bits per heavy atom. The lowest BCUT2D eigenvalue weighted by molar-refractivity contribution is -0.141. The second-order valence-electron chi connectivity index (χ2n) is 6.84.